The van der Waals surface area contributed by atoms with Gasteiger partial charge in [0, 0.05) is 36.0 Å². The van der Waals surface area contributed by atoms with Crippen LogP contribution in [0, 0.1) is 0 Å². The Bertz CT molecular complexity index is 989. The summed E-state index contributed by atoms with van der Waals surface area (Å²) < 4.78 is 42.3. The van der Waals surface area contributed by atoms with Gasteiger partial charge in [-0.25, -0.2) is 4.98 Å². The summed E-state index contributed by atoms with van der Waals surface area (Å²) in [6, 6.07) is 9.27. The number of hydrogen-bond donors (Lipinski definition) is 1. The van der Waals surface area contributed by atoms with Crippen LogP contribution in [0.5, 0.6) is 0 Å². The first-order valence-electron chi connectivity index (χ1n) is 10.4. The van der Waals surface area contributed by atoms with Gasteiger partial charge in [0.25, 0.3) is 0 Å². The minimum Gasteiger partial charge on any atom is -0.327 e. The van der Waals surface area contributed by atoms with Crippen LogP contribution in [0.25, 0.3) is 22.5 Å². The fourth-order valence-corrected chi connectivity index (χ4v) is 4.16. The summed E-state index contributed by atoms with van der Waals surface area (Å²) in [7, 11) is 0. The molecule has 0 amide bonds. The third kappa shape index (κ3) is 4.12. The number of rotatable bonds is 5. The molecule has 0 spiro atoms. The third-order valence-electron chi connectivity index (χ3n) is 5.57. The van der Waals surface area contributed by atoms with Crippen LogP contribution in [-0.2, 0) is 12.7 Å². The SMILES string of the molecule is CCCn1c(C2CCNCC2)nc(-c2cccc(C(F)(F)F)c2)c1-c1ccncc1. The molecule has 1 aliphatic rings. The molecule has 1 saturated heterocycles. The molecule has 0 saturated carbocycles. The molecule has 1 fully saturated rings. The maximum absolute atomic E-state index is 13.4. The molecule has 1 N–H and O–H groups in total. The van der Waals surface area contributed by atoms with E-state index in [-0.39, 0.29) is 5.92 Å². The van der Waals surface area contributed by atoms with Crippen LogP contribution in [0.1, 0.15) is 43.5 Å². The van der Waals surface area contributed by atoms with Crippen molar-refractivity contribution in [2.45, 2.75) is 44.8 Å². The number of halogens is 3. The van der Waals surface area contributed by atoms with Gasteiger partial charge in [0.15, 0.2) is 0 Å². The van der Waals surface area contributed by atoms with Crippen LogP contribution >= 0.6 is 0 Å². The van der Waals surface area contributed by atoms with Gasteiger partial charge in [-0.05, 0) is 56.6 Å². The highest BCUT2D eigenvalue weighted by molar-refractivity contribution is 5.79. The van der Waals surface area contributed by atoms with E-state index in [4.69, 9.17) is 4.98 Å². The number of nitrogens with zero attached hydrogens (tertiary/aromatic N) is 3. The Balaban J connectivity index is 1.93. The van der Waals surface area contributed by atoms with Crippen LogP contribution in [0.3, 0.4) is 0 Å². The second-order valence-electron chi connectivity index (χ2n) is 7.66. The molecule has 158 valence electrons. The molecule has 30 heavy (non-hydrogen) atoms. The van der Waals surface area contributed by atoms with Crippen molar-refractivity contribution in [2.24, 2.45) is 0 Å². The Morgan fingerprint density at radius 1 is 1.07 bits per heavy atom. The van der Waals surface area contributed by atoms with Gasteiger partial charge in [-0.1, -0.05) is 19.1 Å². The number of nitrogens with one attached hydrogen (secondary N) is 1. The summed E-state index contributed by atoms with van der Waals surface area (Å²) in [6.45, 7) is 4.72. The molecular weight excluding hydrogens is 389 g/mol. The minimum atomic E-state index is -4.39. The lowest BCUT2D eigenvalue weighted by atomic mass is 9.97. The van der Waals surface area contributed by atoms with E-state index in [1.165, 1.54) is 12.1 Å². The molecule has 0 unspecified atom stereocenters. The van der Waals surface area contributed by atoms with E-state index in [0.29, 0.717) is 11.3 Å². The topological polar surface area (TPSA) is 42.7 Å². The Kier molecular flexibility index (Phi) is 5.90. The molecule has 3 heterocycles. The average molecular weight is 414 g/mol. The number of imidazole rings is 1. The fraction of sp³-hybridized carbons (Fsp3) is 0.391. The molecule has 4 nitrogen and oxygen atoms in total. The summed E-state index contributed by atoms with van der Waals surface area (Å²) in [5, 5.41) is 3.37. The maximum atomic E-state index is 13.4. The predicted octanol–water partition coefficient (Wildman–Crippen LogP) is 5.51. The van der Waals surface area contributed by atoms with Gasteiger partial charge in [-0.2, -0.15) is 13.2 Å². The number of alkyl halides is 3. The van der Waals surface area contributed by atoms with E-state index in [9.17, 15) is 13.2 Å². The zero-order valence-electron chi connectivity index (χ0n) is 16.9. The summed E-state index contributed by atoms with van der Waals surface area (Å²) in [6.07, 6.45) is 1.87. The minimum absolute atomic E-state index is 0.290. The van der Waals surface area contributed by atoms with Crippen molar-refractivity contribution in [3.05, 3.63) is 60.2 Å². The second-order valence-corrected chi connectivity index (χ2v) is 7.66. The van der Waals surface area contributed by atoms with E-state index in [1.807, 2.05) is 12.1 Å². The van der Waals surface area contributed by atoms with Crippen molar-refractivity contribution < 1.29 is 13.2 Å². The first-order chi connectivity index (χ1) is 14.5. The monoisotopic (exact) mass is 414 g/mol. The maximum Gasteiger partial charge on any atom is 0.416 e. The predicted molar refractivity (Wildman–Crippen MR) is 111 cm³/mol. The van der Waals surface area contributed by atoms with Crippen molar-refractivity contribution in [1.82, 2.24) is 19.9 Å². The smallest absolute Gasteiger partial charge is 0.327 e. The number of hydrogen-bond acceptors (Lipinski definition) is 3. The molecule has 1 aromatic carbocycles. The summed E-state index contributed by atoms with van der Waals surface area (Å²) >= 11 is 0. The van der Waals surface area contributed by atoms with E-state index in [1.54, 1.807) is 18.5 Å². The van der Waals surface area contributed by atoms with Gasteiger partial charge in [-0.15, -0.1) is 0 Å². The van der Waals surface area contributed by atoms with Crippen LogP contribution in [0.15, 0.2) is 48.8 Å². The van der Waals surface area contributed by atoms with Gasteiger partial charge in [0.2, 0.25) is 0 Å². The normalized spacial score (nSPS) is 15.5. The molecule has 2 aromatic heterocycles. The Morgan fingerprint density at radius 2 is 1.80 bits per heavy atom. The fourth-order valence-electron chi connectivity index (χ4n) is 4.16. The van der Waals surface area contributed by atoms with E-state index in [2.05, 4.69) is 21.8 Å². The molecule has 0 atom stereocenters. The van der Waals surface area contributed by atoms with E-state index < -0.39 is 11.7 Å². The average Bonchev–Trinajstić information content (AvgIpc) is 3.14. The lowest BCUT2D eigenvalue weighted by molar-refractivity contribution is -0.137. The third-order valence-corrected chi connectivity index (χ3v) is 5.57. The van der Waals surface area contributed by atoms with Gasteiger partial charge < -0.3 is 9.88 Å². The van der Waals surface area contributed by atoms with Gasteiger partial charge in [-0.3, -0.25) is 4.98 Å². The molecule has 4 rings (SSSR count). The van der Waals surface area contributed by atoms with Crippen molar-refractivity contribution in [1.29, 1.82) is 0 Å². The second kappa shape index (κ2) is 8.60. The Labute approximate surface area is 174 Å². The van der Waals surface area contributed by atoms with E-state index >= 15 is 0 Å². The zero-order chi connectivity index (χ0) is 21.1. The summed E-state index contributed by atoms with van der Waals surface area (Å²) in [5.41, 5.74) is 2.22. The Morgan fingerprint density at radius 3 is 2.47 bits per heavy atom. The highest BCUT2D eigenvalue weighted by atomic mass is 19.4. The van der Waals surface area contributed by atoms with Gasteiger partial charge in [0.05, 0.1) is 17.0 Å². The largest absolute Gasteiger partial charge is 0.416 e. The molecule has 0 radical (unpaired) electrons. The standard InChI is InChI=1S/C23H25F3N4/c1-2-14-30-21(16-6-10-27-11-7-16)20(29-22(30)17-8-12-28-13-9-17)18-4-3-5-19(15-18)23(24,25)26/h3-7,10-11,15,17,28H,2,8-9,12-14H2,1H3. The van der Waals surface area contributed by atoms with Crippen molar-refractivity contribution in [2.75, 3.05) is 13.1 Å². The first-order valence-corrected chi connectivity index (χ1v) is 10.4. The highest BCUT2D eigenvalue weighted by Crippen LogP contribution is 2.39. The van der Waals surface area contributed by atoms with Crippen molar-refractivity contribution in [3.8, 4) is 22.5 Å². The number of pyridine rings is 1. The molecular formula is C23H25F3N4. The first kappa shape index (κ1) is 20.6. The zero-order valence-corrected chi connectivity index (χ0v) is 16.9. The molecule has 3 aromatic rings. The molecule has 0 aliphatic carbocycles. The molecule has 1 aliphatic heterocycles. The summed E-state index contributed by atoms with van der Waals surface area (Å²) in [4.78, 5) is 9.07. The number of benzene rings is 1. The Hall–Kier alpha value is -2.67. The lowest BCUT2D eigenvalue weighted by Gasteiger charge is -2.23. The molecule has 7 heteroatoms. The summed E-state index contributed by atoms with van der Waals surface area (Å²) in [5.74, 6) is 1.26. The van der Waals surface area contributed by atoms with Crippen LogP contribution in [-0.4, -0.2) is 27.6 Å². The van der Waals surface area contributed by atoms with Gasteiger partial charge in [0.1, 0.15) is 5.82 Å². The quantitative estimate of drug-likeness (QED) is 0.599. The van der Waals surface area contributed by atoms with Crippen LogP contribution < -0.4 is 5.32 Å². The van der Waals surface area contributed by atoms with Crippen molar-refractivity contribution in [3.63, 3.8) is 0 Å². The van der Waals surface area contributed by atoms with Crippen LogP contribution in [0.2, 0.25) is 0 Å². The number of aromatic nitrogens is 3. The number of piperidine rings is 1. The molecule has 0 bridgehead atoms. The van der Waals surface area contributed by atoms with Crippen LogP contribution in [0.4, 0.5) is 13.2 Å². The van der Waals surface area contributed by atoms with E-state index in [0.717, 1.165) is 62.0 Å². The van der Waals surface area contributed by atoms with Crippen molar-refractivity contribution >= 4 is 0 Å². The highest BCUT2D eigenvalue weighted by Gasteiger charge is 2.32. The van der Waals surface area contributed by atoms with Gasteiger partial charge >= 0.3 is 6.18 Å². The lowest BCUT2D eigenvalue weighted by Crippen LogP contribution is -2.28.